The van der Waals surface area contributed by atoms with Crippen molar-refractivity contribution < 1.29 is 23.5 Å². The molecule has 124 valence electrons. The molecule has 0 fully saturated rings. The highest BCUT2D eigenvalue weighted by Crippen LogP contribution is 2.09. The number of amides is 2. The minimum Gasteiger partial charge on any atom is -0.465 e. The molecule has 2 rings (SSSR count). The average molecular weight is 328 g/mol. The molecule has 2 aromatic rings. The smallest absolute Gasteiger partial charge is 0.331 e. The third-order valence-corrected chi connectivity index (χ3v) is 2.93. The molecule has 24 heavy (non-hydrogen) atoms. The van der Waals surface area contributed by atoms with Crippen LogP contribution in [0.1, 0.15) is 16.1 Å². The number of carbonyl (C=O) groups is 3. The highest BCUT2D eigenvalue weighted by atomic mass is 16.5. The van der Waals surface area contributed by atoms with Crippen LogP contribution in [0.25, 0.3) is 6.08 Å². The summed E-state index contributed by atoms with van der Waals surface area (Å²) >= 11 is 0. The van der Waals surface area contributed by atoms with Gasteiger partial charge in [0.25, 0.3) is 11.8 Å². The van der Waals surface area contributed by atoms with E-state index in [1.54, 1.807) is 36.4 Å². The van der Waals surface area contributed by atoms with Crippen molar-refractivity contribution in [3.63, 3.8) is 0 Å². The lowest BCUT2D eigenvalue weighted by Gasteiger charge is -2.06. The summed E-state index contributed by atoms with van der Waals surface area (Å²) in [5, 5.41) is 5.06. The van der Waals surface area contributed by atoms with E-state index in [9.17, 15) is 14.4 Å². The third kappa shape index (κ3) is 5.13. The van der Waals surface area contributed by atoms with E-state index in [2.05, 4.69) is 10.6 Å². The summed E-state index contributed by atoms with van der Waals surface area (Å²) < 4.78 is 9.83. The van der Waals surface area contributed by atoms with Crippen LogP contribution in [0.15, 0.2) is 53.2 Å². The zero-order chi connectivity index (χ0) is 17.4. The zero-order valence-corrected chi connectivity index (χ0v) is 12.9. The van der Waals surface area contributed by atoms with E-state index in [1.165, 1.54) is 25.5 Å². The second-order valence-corrected chi connectivity index (χ2v) is 4.66. The van der Waals surface area contributed by atoms with Crippen LogP contribution in [-0.4, -0.2) is 31.4 Å². The second-order valence-electron chi connectivity index (χ2n) is 4.66. The van der Waals surface area contributed by atoms with Gasteiger partial charge in [-0.05, 0) is 42.5 Å². The molecule has 0 aliphatic heterocycles. The molecule has 7 heteroatoms. The zero-order valence-electron chi connectivity index (χ0n) is 12.9. The highest BCUT2D eigenvalue weighted by molar-refractivity contribution is 5.96. The van der Waals surface area contributed by atoms with Crippen LogP contribution in [0.5, 0.6) is 0 Å². The third-order valence-electron chi connectivity index (χ3n) is 2.93. The first kappa shape index (κ1) is 17.0. The van der Waals surface area contributed by atoms with Crippen LogP contribution in [0.2, 0.25) is 0 Å². The topological polar surface area (TPSA) is 97.6 Å². The van der Waals surface area contributed by atoms with Crippen LogP contribution in [0, 0.1) is 0 Å². The van der Waals surface area contributed by atoms with E-state index < -0.39 is 18.5 Å². The van der Waals surface area contributed by atoms with Gasteiger partial charge in [0.2, 0.25) is 0 Å². The summed E-state index contributed by atoms with van der Waals surface area (Å²) in [5.41, 5.74) is 0.972. The lowest BCUT2D eigenvalue weighted by Crippen LogP contribution is -2.20. The van der Waals surface area contributed by atoms with E-state index in [-0.39, 0.29) is 5.91 Å². The molecule has 0 aliphatic carbocycles. The van der Waals surface area contributed by atoms with E-state index in [4.69, 9.17) is 9.15 Å². The van der Waals surface area contributed by atoms with Crippen molar-refractivity contribution in [3.05, 3.63) is 60.1 Å². The Morgan fingerprint density at radius 2 is 1.92 bits per heavy atom. The Labute approximate surface area is 138 Å². The van der Waals surface area contributed by atoms with Gasteiger partial charge in [-0.3, -0.25) is 9.59 Å². The predicted molar refractivity (Wildman–Crippen MR) is 87.2 cm³/mol. The molecule has 0 aliphatic rings. The molecular weight excluding hydrogens is 312 g/mol. The SMILES string of the molecule is CNC(=O)c1ccc(NC(=O)COC(=O)/C=C/c2ccco2)cc1. The maximum Gasteiger partial charge on any atom is 0.331 e. The normalized spacial score (nSPS) is 10.4. The van der Waals surface area contributed by atoms with Crippen molar-refractivity contribution in [1.82, 2.24) is 5.32 Å². The molecule has 1 aromatic heterocycles. The fourth-order valence-electron chi connectivity index (χ4n) is 1.77. The van der Waals surface area contributed by atoms with Gasteiger partial charge in [-0.1, -0.05) is 0 Å². The lowest BCUT2D eigenvalue weighted by molar-refractivity contribution is -0.142. The van der Waals surface area contributed by atoms with Crippen LogP contribution in [-0.2, 0) is 14.3 Å². The molecule has 0 atom stereocenters. The Hall–Kier alpha value is -3.35. The maximum atomic E-state index is 11.7. The summed E-state index contributed by atoms with van der Waals surface area (Å²) in [6.07, 6.45) is 4.09. The second kappa shape index (κ2) is 8.33. The van der Waals surface area contributed by atoms with Gasteiger partial charge in [-0.15, -0.1) is 0 Å². The number of carbonyl (C=O) groups excluding carboxylic acids is 3. The monoisotopic (exact) mass is 328 g/mol. The lowest BCUT2D eigenvalue weighted by atomic mass is 10.2. The number of rotatable bonds is 6. The molecule has 0 spiro atoms. The molecular formula is C17H16N2O5. The van der Waals surface area contributed by atoms with E-state index >= 15 is 0 Å². The first-order valence-electron chi connectivity index (χ1n) is 7.09. The van der Waals surface area contributed by atoms with Crippen molar-refractivity contribution in [2.75, 3.05) is 19.0 Å². The number of benzene rings is 1. The summed E-state index contributed by atoms with van der Waals surface area (Å²) in [5.74, 6) is -0.850. The maximum absolute atomic E-state index is 11.7. The van der Waals surface area contributed by atoms with Gasteiger partial charge in [0.15, 0.2) is 6.61 Å². The standard InChI is InChI=1S/C17H16N2O5/c1-18-17(22)12-4-6-13(7-5-12)19-15(20)11-24-16(21)9-8-14-3-2-10-23-14/h2-10H,11H2,1H3,(H,18,22)(H,19,20)/b9-8+. The predicted octanol–water partition coefficient (Wildman–Crippen LogP) is 1.83. The molecule has 0 unspecified atom stereocenters. The summed E-state index contributed by atoms with van der Waals surface area (Å²) in [7, 11) is 1.53. The van der Waals surface area contributed by atoms with Crippen LogP contribution in [0.4, 0.5) is 5.69 Å². The van der Waals surface area contributed by atoms with E-state index in [0.29, 0.717) is 17.0 Å². The first-order valence-corrected chi connectivity index (χ1v) is 7.09. The van der Waals surface area contributed by atoms with Crippen molar-refractivity contribution in [1.29, 1.82) is 0 Å². The summed E-state index contributed by atoms with van der Waals surface area (Å²) in [4.78, 5) is 34.6. The largest absolute Gasteiger partial charge is 0.465 e. The van der Waals surface area contributed by atoms with Gasteiger partial charge in [0.05, 0.1) is 6.26 Å². The number of hydrogen-bond acceptors (Lipinski definition) is 5. The Balaban J connectivity index is 1.78. The minimum atomic E-state index is -0.656. The highest BCUT2D eigenvalue weighted by Gasteiger charge is 2.07. The van der Waals surface area contributed by atoms with Gasteiger partial charge in [0, 0.05) is 24.4 Å². The van der Waals surface area contributed by atoms with Crippen molar-refractivity contribution in [2.45, 2.75) is 0 Å². The molecule has 2 N–H and O–H groups in total. The Kier molecular flexibility index (Phi) is 5.90. The molecule has 7 nitrogen and oxygen atoms in total. The first-order chi connectivity index (χ1) is 11.6. The minimum absolute atomic E-state index is 0.217. The molecule has 1 aromatic carbocycles. The van der Waals surface area contributed by atoms with E-state index in [1.807, 2.05) is 0 Å². The Bertz CT molecular complexity index is 733. The van der Waals surface area contributed by atoms with Crippen LogP contribution in [0.3, 0.4) is 0 Å². The van der Waals surface area contributed by atoms with Crippen LogP contribution >= 0.6 is 0 Å². The van der Waals surface area contributed by atoms with Gasteiger partial charge in [0.1, 0.15) is 5.76 Å². The molecule has 0 bridgehead atoms. The number of esters is 1. The summed E-state index contributed by atoms with van der Waals surface area (Å²) in [6, 6.07) is 9.69. The number of ether oxygens (including phenoxy) is 1. The number of furan rings is 1. The van der Waals surface area contributed by atoms with Crippen molar-refractivity contribution in [3.8, 4) is 0 Å². The van der Waals surface area contributed by atoms with Crippen molar-refractivity contribution >= 4 is 29.5 Å². The van der Waals surface area contributed by atoms with Gasteiger partial charge < -0.3 is 19.8 Å². The van der Waals surface area contributed by atoms with Gasteiger partial charge in [-0.2, -0.15) is 0 Å². The number of anilines is 1. The van der Waals surface area contributed by atoms with Gasteiger partial charge >= 0.3 is 5.97 Å². The fourth-order valence-corrected chi connectivity index (χ4v) is 1.77. The molecule has 0 saturated carbocycles. The molecule has 0 radical (unpaired) electrons. The van der Waals surface area contributed by atoms with Crippen molar-refractivity contribution in [2.24, 2.45) is 0 Å². The molecule has 0 saturated heterocycles. The average Bonchev–Trinajstić information content (AvgIpc) is 3.11. The quantitative estimate of drug-likeness (QED) is 0.623. The van der Waals surface area contributed by atoms with Gasteiger partial charge in [-0.25, -0.2) is 4.79 Å². The number of nitrogens with one attached hydrogen (secondary N) is 2. The Morgan fingerprint density at radius 3 is 2.54 bits per heavy atom. The molecule has 1 heterocycles. The fraction of sp³-hybridized carbons (Fsp3) is 0.118. The summed E-state index contributed by atoms with van der Waals surface area (Å²) in [6.45, 7) is -0.418. The van der Waals surface area contributed by atoms with E-state index in [0.717, 1.165) is 0 Å². The Morgan fingerprint density at radius 1 is 1.17 bits per heavy atom. The van der Waals surface area contributed by atoms with Crippen LogP contribution < -0.4 is 10.6 Å². The number of hydrogen-bond donors (Lipinski definition) is 2. The molecule has 2 amide bonds.